The van der Waals surface area contributed by atoms with Crippen molar-refractivity contribution < 1.29 is 4.79 Å². The number of carbonyl (C=O) groups excluding carboxylic acids is 1. The lowest BCUT2D eigenvalue weighted by Gasteiger charge is -2.19. The van der Waals surface area contributed by atoms with Gasteiger partial charge < -0.3 is 4.98 Å². The fourth-order valence-electron chi connectivity index (χ4n) is 2.82. The molecule has 0 atom stereocenters. The van der Waals surface area contributed by atoms with E-state index in [1.165, 1.54) is 6.42 Å². The van der Waals surface area contributed by atoms with Crippen molar-refractivity contribution in [1.29, 1.82) is 0 Å². The number of hydrazone groups is 1. The van der Waals surface area contributed by atoms with E-state index in [1.807, 2.05) is 30.5 Å². The van der Waals surface area contributed by atoms with Crippen molar-refractivity contribution in [2.45, 2.75) is 32.1 Å². The predicted octanol–water partition coefficient (Wildman–Crippen LogP) is 3.20. The van der Waals surface area contributed by atoms with Crippen LogP contribution in [0.1, 0.15) is 37.7 Å². The smallest absolute Gasteiger partial charge is 0.243 e. The van der Waals surface area contributed by atoms with Crippen molar-refractivity contribution >= 4 is 23.0 Å². The molecule has 20 heavy (non-hydrogen) atoms. The molecule has 3 rings (SSSR count). The number of H-pyrrole nitrogens is 1. The van der Waals surface area contributed by atoms with Crippen molar-refractivity contribution in [3.63, 3.8) is 0 Å². The van der Waals surface area contributed by atoms with Crippen LogP contribution in [0.3, 0.4) is 0 Å². The zero-order valence-corrected chi connectivity index (χ0v) is 11.4. The first-order chi connectivity index (χ1) is 9.84. The quantitative estimate of drug-likeness (QED) is 0.652. The summed E-state index contributed by atoms with van der Waals surface area (Å²) < 4.78 is 0. The Hall–Kier alpha value is -2.10. The summed E-state index contributed by atoms with van der Waals surface area (Å²) in [6, 6.07) is 8.04. The van der Waals surface area contributed by atoms with Crippen LogP contribution >= 0.6 is 0 Å². The average Bonchev–Trinajstić information content (AvgIpc) is 2.92. The standard InChI is InChI=1S/C16H19N3O/c20-16(12-6-2-1-3-7-12)19-18-11-13-10-17-15-9-5-4-8-14(13)15/h4-5,8-12,17H,1-3,6-7H2,(H,19,20). The van der Waals surface area contributed by atoms with Gasteiger partial charge >= 0.3 is 0 Å². The van der Waals surface area contributed by atoms with Crippen molar-refractivity contribution in [1.82, 2.24) is 10.4 Å². The number of aromatic nitrogens is 1. The Labute approximate surface area is 118 Å². The van der Waals surface area contributed by atoms with Crippen LogP contribution in [0, 0.1) is 5.92 Å². The van der Waals surface area contributed by atoms with Crippen molar-refractivity contribution in [3.8, 4) is 0 Å². The summed E-state index contributed by atoms with van der Waals surface area (Å²) in [5, 5.41) is 5.21. The van der Waals surface area contributed by atoms with Gasteiger partial charge in [-0.05, 0) is 18.9 Å². The molecule has 2 N–H and O–H groups in total. The molecule has 1 aromatic heterocycles. The highest BCUT2D eigenvalue weighted by molar-refractivity contribution is 5.99. The molecule has 1 aliphatic rings. The van der Waals surface area contributed by atoms with Gasteiger partial charge in [-0.3, -0.25) is 4.79 Å². The van der Waals surface area contributed by atoms with Crippen LogP contribution < -0.4 is 5.43 Å². The molecular formula is C16H19N3O. The number of nitrogens with zero attached hydrogens (tertiary/aromatic N) is 1. The van der Waals surface area contributed by atoms with Crippen molar-refractivity contribution in [3.05, 3.63) is 36.0 Å². The molecule has 0 bridgehead atoms. The molecule has 0 aliphatic heterocycles. The highest BCUT2D eigenvalue weighted by Gasteiger charge is 2.20. The minimum atomic E-state index is 0.0563. The Balaban J connectivity index is 1.64. The summed E-state index contributed by atoms with van der Waals surface area (Å²) in [6.45, 7) is 0. The second-order valence-corrected chi connectivity index (χ2v) is 5.36. The van der Waals surface area contributed by atoms with Crippen LogP contribution in [0.5, 0.6) is 0 Å². The van der Waals surface area contributed by atoms with Gasteiger partial charge in [-0.1, -0.05) is 37.5 Å². The monoisotopic (exact) mass is 269 g/mol. The third-order valence-corrected chi connectivity index (χ3v) is 3.98. The van der Waals surface area contributed by atoms with Crippen LogP contribution in [0.4, 0.5) is 0 Å². The number of rotatable bonds is 3. The summed E-state index contributed by atoms with van der Waals surface area (Å²) >= 11 is 0. The molecular weight excluding hydrogens is 250 g/mol. The predicted molar refractivity (Wildman–Crippen MR) is 80.6 cm³/mol. The van der Waals surface area contributed by atoms with E-state index >= 15 is 0 Å². The summed E-state index contributed by atoms with van der Waals surface area (Å²) in [5.74, 6) is 0.199. The molecule has 104 valence electrons. The molecule has 1 fully saturated rings. The van der Waals surface area contributed by atoms with Crippen molar-refractivity contribution in [2.24, 2.45) is 11.0 Å². The molecule has 0 saturated heterocycles. The Morgan fingerprint density at radius 2 is 2.05 bits per heavy atom. The van der Waals surface area contributed by atoms with Crippen LogP contribution in [0.25, 0.3) is 10.9 Å². The van der Waals surface area contributed by atoms with Crippen molar-refractivity contribution in [2.75, 3.05) is 0 Å². The maximum atomic E-state index is 12.0. The molecule has 0 radical (unpaired) electrons. The SMILES string of the molecule is O=C(NN=Cc1c[nH]c2ccccc12)C1CCCCC1. The molecule has 1 saturated carbocycles. The summed E-state index contributed by atoms with van der Waals surface area (Å²) in [5.41, 5.74) is 4.74. The lowest BCUT2D eigenvalue weighted by molar-refractivity contribution is -0.125. The highest BCUT2D eigenvalue weighted by atomic mass is 16.2. The number of aromatic amines is 1. The maximum absolute atomic E-state index is 12.0. The molecule has 1 aliphatic carbocycles. The minimum absolute atomic E-state index is 0.0563. The van der Waals surface area contributed by atoms with Gasteiger partial charge in [0.25, 0.3) is 0 Å². The zero-order chi connectivity index (χ0) is 13.8. The van der Waals surface area contributed by atoms with Crippen LogP contribution in [-0.4, -0.2) is 17.1 Å². The van der Waals surface area contributed by atoms with Gasteiger partial charge in [0.05, 0.1) is 6.21 Å². The van der Waals surface area contributed by atoms with Gasteiger partial charge in [-0.25, -0.2) is 5.43 Å². The normalized spacial score (nSPS) is 16.8. The van der Waals surface area contributed by atoms with Gasteiger partial charge in [0, 0.05) is 28.6 Å². The first kappa shape index (κ1) is 12.9. The lowest BCUT2D eigenvalue weighted by atomic mass is 9.89. The lowest BCUT2D eigenvalue weighted by Crippen LogP contribution is -2.28. The fourth-order valence-corrected chi connectivity index (χ4v) is 2.82. The van der Waals surface area contributed by atoms with E-state index in [4.69, 9.17) is 0 Å². The number of carbonyl (C=O) groups is 1. The van der Waals surface area contributed by atoms with Gasteiger partial charge in [0.2, 0.25) is 5.91 Å². The van der Waals surface area contributed by atoms with Crippen LogP contribution in [0.15, 0.2) is 35.6 Å². The topological polar surface area (TPSA) is 57.2 Å². The molecule has 2 aromatic rings. The van der Waals surface area contributed by atoms with E-state index in [9.17, 15) is 4.79 Å². The van der Waals surface area contributed by atoms with Gasteiger partial charge in [0.15, 0.2) is 0 Å². The number of hydrogen-bond donors (Lipinski definition) is 2. The van der Waals surface area contributed by atoms with Crippen LogP contribution in [-0.2, 0) is 4.79 Å². The maximum Gasteiger partial charge on any atom is 0.243 e. The van der Waals surface area contributed by atoms with Gasteiger partial charge in [-0.2, -0.15) is 5.10 Å². The van der Waals surface area contributed by atoms with E-state index in [0.717, 1.165) is 42.1 Å². The third-order valence-electron chi connectivity index (χ3n) is 3.98. The summed E-state index contributed by atoms with van der Waals surface area (Å²) in [6.07, 6.45) is 9.17. The van der Waals surface area contributed by atoms with Crippen LogP contribution in [0.2, 0.25) is 0 Å². The summed E-state index contributed by atoms with van der Waals surface area (Å²) in [4.78, 5) is 15.1. The largest absolute Gasteiger partial charge is 0.361 e. The molecule has 4 nitrogen and oxygen atoms in total. The number of para-hydroxylation sites is 1. The minimum Gasteiger partial charge on any atom is -0.361 e. The Kier molecular flexibility index (Phi) is 3.81. The Morgan fingerprint density at radius 1 is 1.25 bits per heavy atom. The number of benzene rings is 1. The molecule has 1 amide bonds. The first-order valence-corrected chi connectivity index (χ1v) is 7.23. The number of amides is 1. The van der Waals surface area contributed by atoms with E-state index < -0.39 is 0 Å². The second-order valence-electron chi connectivity index (χ2n) is 5.36. The van der Waals surface area contributed by atoms with Gasteiger partial charge in [0.1, 0.15) is 0 Å². The van der Waals surface area contributed by atoms with E-state index in [-0.39, 0.29) is 11.8 Å². The number of fused-ring (bicyclic) bond motifs is 1. The Morgan fingerprint density at radius 3 is 2.90 bits per heavy atom. The molecule has 4 heteroatoms. The molecule has 1 heterocycles. The molecule has 0 spiro atoms. The summed E-state index contributed by atoms with van der Waals surface area (Å²) in [7, 11) is 0. The first-order valence-electron chi connectivity index (χ1n) is 7.23. The van der Waals surface area contributed by atoms with E-state index in [0.29, 0.717) is 0 Å². The second kappa shape index (κ2) is 5.90. The third kappa shape index (κ3) is 2.74. The zero-order valence-electron chi connectivity index (χ0n) is 11.4. The Bertz CT molecular complexity index is 623. The average molecular weight is 269 g/mol. The van der Waals surface area contributed by atoms with E-state index in [2.05, 4.69) is 15.5 Å². The fraction of sp³-hybridized carbons (Fsp3) is 0.375. The molecule has 1 aromatic carbocycles. The highest BCUT2D eigenvalue weighted by Crippen LogP contribution is 2.23. The van der Waals surface area contributed by atoms with Gasteiger partial charge in [-0.15, -0.1) is 0 Å². The number of nitrogens with one attached hydrogen (secondary N) is 2. The molecule has 0 unspecified atom stereocenters. The van der Waals surface area contributed by atoms with E-state index in [1.54, 1.807) is 6.21 Å². The number of hydrogen-bond acceptors (Lipinski definition) is 2.